The van der Waals surface area contributed by atoms with E-state index in [4.69, 9.17) is 5.26 Å². The van der Waals surface area contributed by atoms with Gasteiger partial charge in [-0.05, 0) is 13.8 Å². The van der Waals surface area contributed by atoms with Crippen molar-refractivity contribution < 1.29 is 10.2 Å². The third-order valence-electron chi connectivity index (χ3n) is 3.23. The Morgan fingerprint density at radius 3 is 2.33 bits per heavy atom. The Morgan fingerprint density at radius 2 is 1.79 bits per heavy atom. The number of azo groups is 1. The van der Waals surface area contributed by atoms with E-state index < -0.39 is 34.3 Å². The minimum atomic E-state index is -1.01. The molecule has 0 atom stereocenters. The smallest absolute Gasteiger partial charge is 0.328 e. The second kappa shape index (κ2) is 6.21. The largest absolute Gasteiger partial charge is 0.493 e. The maximum Gasteiger partial charge on any atom is 0.328 e. The average molecular weight is 332 g/mol. The molecule has 0 bridgehead atoms. The molecule has 0 aliphatic rings. The maximum absolute atomic E-state index is 12.3. The summed E-state index contributed by atoms with van der Waals surface area (Å²) in [7, 11) is 0. The predicted molar refractivity (Wildman–Crippen MR) is 81.0 cm³/mol. The molecule has 4 N–H and O–H groups in total. The van der Waals surface area contributed by atoms with Gasteiger partial charge in [0.1, 0.15) is 11.6 Å². The van der Waals surface area contributed by atoms with Gasteiger partial charge >= 0.3 is 5.69 Å². The van der Waals surface area contributed by atoms with Crippen LogP contribution in [0.2, 0.25) is 0 Å². The molecule has 0 aliphatic carbocycles. The molecular weight excluding hydrogens is 320 g/mol. The molecule has 0 unspecified atom stereocenters. The number of hydrogen-bond donors (Lipinski definition) is 4. The van der Waals surface area contributed by atoms with E-state index in [0.717, 1.165) is 4.57 Å². The quantitative estimate of drug-likeness (QED) is 0.585. The fourth-order valence-corrected chi connectivity index (χ4v) is 2.01. The van der Waals surface area contributed by atoms with Crippen molar-refractivity contribution in [3.63, 3.8) is 0 Å². The minimum absolute atomic E-state index is 0.0637. The lowest BCUT2D eigenvalue weighted by Crippen LogP contribution is -2.21. The van der Waals surface area contributed by atoms with Gasteiger partial charge in [-0.3, -0.25) is 24.1 Å². The summed E-state index contributed by atoms with van der Waals surface area (Å²) in [4.78, 5) is 38.6. The number of pyridine rings is 1. The molecule has 2 aromatic heterocycles. The molecule has 0 saturated heterocycles. The van der Waals surface area contributed by atoms with Crippen molar-refractivity contribution in [1.29, 1.82) is 5.26 Å². The van der Waals surface area contributed by atoms with Crippen molar-refractivity contribution >= 4 is 11.4 Å². The van der Waals surface area contributed by atoms with Crippen LogP contribution in [-0.2, 0) is 6.54 Å². The van der Waals surface area contributed by atoms with Gasteiger partial charge in [-0.25, -0.2) is 4.79 Å². The summed E-state index contributed by atoms with van der Waals surface area (Å²) in [6.07, 6.45) is 0. The highest BCUT2D eigenvalue weighted by molar-refractivity contribution is 5.57. The first-order chi connectivity index (χ1) is 11.3. The zero-order valence-electron chi connectivity index (χ0n) is 12.6. The number of aromatic amines is 2. The summed E-state index contributed by atoms with van der Waals surface area (Å²) < 4.78 is 0.914. The van der Waals surface area contributed by atoms with Gasteiger partial charge in [0.15, 0.2) is 5.69 Å². The van der Waals surface area contributed by atoms with E-state index in [1.54, 1.807) is 13.0 Å². The Kier molecular flexibility index (Phi) is 4.32. The van der Waals surface area contributed by atoms with Crippen LogP contribution in [0.4, 0.5) is 11.4 Å². The summed E-state index contributed by atoms with van der Waals surface area (Å²) in [5.41, 5.74) is -3.65. The van der Waals surface area contributed by atoms with Crippen molar-refractivity contribution in [3.05, 3.63) is 42.3 Å². The zero-order valence-corrected chi connectivity index (χ0v) is 12.6. The Labute approximate surface area is 133 Å². The topological polar surface area (TPSA) is 177 Å². The van der Waals surface area contributed by atoms with Crippen LogP contribution >= 0.6 is 0 Å². The molecule has 0 aromatic carbocycles. The average Bonchev–Trinajstić information content (AvgIpc) is 2.50. The number of nitrogens with one attached hydrogen (secondary N) is 2. The van der Waals surface area contributed by atoms with Crippen LogP contribution in [0.15, 0.2) is 24.6 Å². The standard InChI is InChI=1S/C13H12N6O5/c1-3-19-11(22)6(4-14)5(2)7(12(19)23)17-18-8-9(20)15-13(24)16-10(8)21/h22H,3H2,1-2H3,(H3,15,16,20,21,24). The van der Waals surface area contributed by atoms with E-state index in [0.29, 0.717) is 0 Å². The molecule has 124 valence electrons. The first-order valence-corrected chi connectivity index (χ1v) is 6.65. The number of nitriles is 1. The highest BCUT2D eigenvalue weighted by Gasteiger charge is 2.18. The number of H-pyrrole nitrogens is 2. The lowest BCUT2D eigenvalue weighted by Gasteiger charge is -2.10. The Bertz CT molecular complexity index is 1050. The molecule has 0 spiro atoms. The molecule has 0 saturated carbocycles. The Morgan fingerprint density at radius 1 is 1.17 bits per heavy atom. The predicted octanol–water partition coefficient (Wildman–Crippen LogP) is 0.251. The number of nitrogens with zero attached hydrogens (tertiary/aromatic N) is 4. The Balaban J connectivity index is 2.72. The van der Waals surface area contributed by atoms with Crippen molar-refractivity contribution in [2.75, 3.05) is 0 Å². The van der Waals surface area contributed by atoms with Crippen LogP contribution in [0.25, 0.3) is 0 Å². The number of aromatic nitrogens is 3. The van der Waals surface area contributed by atoms with Gasteiger partial charge in [-0.1, -0.05) is 0 Å². The normalized spacial score (nSPS) is 10.9. The summed E-state index contributed by atoms with van der Waals surface area (Å²) in [5.74, 6) is -1.31. The number of aromatic hydroxyl groups is 2. The van der Waals surface area contributed by atoms with E-state index in [1.807, 2.05) is 9.97 Å². The number of hydrogen-bond acceptors (Lipinski definition) is 8. The van der Waals surface area contributed by atoms with Crippen LogP contribution in [0.1, 0.15) is 18.1 Å². The van der Waals surface area contributed by atoms with E-state index >= 15 is 0 Å². The summed E-state index contributed by atoms with van der Waals surface area (Å²) >= 11 is 0. The molecule has 2 heterocycles. The first-order valence-electron chi connectivity index (χ1n) is 6.65. The maximum atomic E-state index is 12.3. The molecule has 2 aromatic rings. The number of rotatable bonds is 3. The monoisotopic (exact) mass is 332 g/mol. The minimum Gasteiger partial charge on any atom is -0.493 e. The van der Waals surface area contributed by atoms with Crippen LogP contribution in [-0.4, -0.2) is 24.7 Å². The first kappa shape index (κ1) is 16.7. The van der Waals surface area contributed by atoms with Crippen molar-refractivity contribution in [2.45, 2.75) is 20.4 Å². The molecule has 11 nitrogen and oxygen atoms in total. The zero-order chi connectivity index (χ0) is 18.0. The van der Waals surface area contributed by atoms with Gasteiger partial charge in [-0.15, -0.1) is 10.2 Å². The molecule has 0 fully saturated rings. The second-order valence-electron chi connectivity index (χ2n) is 4.64. The van der Waals surface area contributed by atoms with Gasteiger partial charge in [0.05, 0.1) is 0 Å². The van der Waals surface area contributed by atoms with E-state index in [2.05, 4.69) is 10.2 Å². The summed E-state index contributed by atoms with van der Waals surface area (Å²) in [6.45, 7) is 3.04. The van der Waals surface area contributed by atoms with Crippen molar-refractivity contribution in [1.82, 2.24) is 14.5 Å². The molecule has 0 amide bonds. The molecule has 11 heteroatoms. The third-order valence-corrected chi connectivity index (χ3v) is 3.23. The van der Waals surface area contributed by atoms with Gasteiger partial charge in [-0.2, -0.15) is 5.26 Å². The van der Waals surface area contributed by atoms with Gasteiger partial charge in [0.2, 0.25) is 17.4 Å². The summed E-state index contributed by atoms with van der Waals surface area (Å²) in [6, 6.07) is 1.76. The fourth-order valence-electron chi connectivity index (χ4n) is 2.01. The van der Waals surface area contributed by atoms with Crippen LogP contribution in [0, 0.1) is 18.3 Å². The van der Waals surface area contributed by atoms with Crippen LogP contribution < -0.4 is 16.8 Å². The van der Waals surface area contributed by atoms with Crippen LogP contribution in [0.3, 0.4) is 0 Å². The van der Waals surface area contributed by atoms with Crippen LogP contribution in [0.5, 0.6) is 11.8 Å². The Hall–Kier alpha value is -3.68. The van der Waals surface area contributed by atoms with E-state index in [1.165, 1.54) is 6.92 Å². The van der Waals surface area contributed by atoms with Gasteiger partial charge < -0.3 is 10.2 Å². The fraction of sp³-hybridized carbons (Fsp3) is 0.231. The summed E-state index contributed by atoms with van der Waals surface area (Å²) in [5, 5.41) is 35.6. The van der Waals surface area contributed by atoms with E-state index in [-0.39, 0.29) is 23.4 Å². The molecule has 0 radical (unpaired) electrons. The highest BCUT2D eigenvalue weighted by atomic mass is 16.3. The van der Waals surface area contributed by atoms with Gasteiger partial charge in [0, 0.05) is 12.1 Å². The van der Waals surface area contributed by atoms with Gasteiger partial charge in [0.25, 0.3) is 11.1 Å². The third kappa shape index (κ3) is 2.68. The highest BCUT2D eigenvalue weighted by Crippen LogP contribution is 2.27. The lowest BCUT2D eigenvalue weighted by atomic mass is 10.1. The molecule has 2 rings (SSSR count). The molecule has 0 aliphatic heterocycles. The second-order valence-corrected chi connectivity index (χ2v) is 4.64. The van der Waals surface area contributed by atoms with Crippen molar-refractivity contribution in [3.8, 4) is 17.8 Å². The molecule has 24 heavy (non-hydrogen) atoms. The lowest BCUT2D eigenvalue weighted by molar-refractivity contribution is 0.409. The molecular formula is C13H12N6O5. The SMILES string of the molecule is CCn1c(O)c(C#N)c(C)c(N=Nc2c(O)[nH]c(=O)[nH]c2=O)c1=O. The van der Waals surface area contributed by atoms with Crippen molar-refractivity contribution in [2.24, 2.45) is 10.2 Å². The van der Waals surface area contributed by atoms with E-state index in [9.17, 15) is 24.6 Å².